The number of rotatable bonds is 11. The number of benzene rings is 2. The topological polar surface area (TPSA) is 85.6 Å². The van der Waals surface area contributed by atoms with Gasteiger partial charge in [-0.1, -0.05) is 40.0 Å². The van der Waals surface area contributed by atoms with Gasteiger partial charge < -0.3 is 14.2 Å². The molecule has 0 aliphatic rings. The zero-order valence-electron chi connectivity index (χ0n) is 18.6. The van der Waals surface area contributed by atoms with Crippen molar-refractivity contribution in [2.45, 2.75) is 51.8 Å². The molecule has 32 heavy (non-hydrogen) atoms. The number of esters is 2. The summed E-state index contributed by atoms with van der Waals surface area (Å²) in [6.45, 7) is 6.38. The van der Waals surface area contributed by atoms with E-state index in [0.29, 0.717) is 18.1 Å². The maximum absolute atomic E-state index is 12.5. The molecule has 6 nitrogen and oxygen atoms in total. The van der Waals surface area contributed by atoms with Gasteiger partial charge in [0.25, 0.3) is 0 Å². The van der Waals surface area contributed by atoms with Crippen molar-refractivity contribution in [2.24, 2.45) is 5.92 Å². The number of hydrogen-bond donors (Lipinski definition) is 0. The van der Waals surface area contributed by atoms with Gasteiger partial charge in [-0.05, 0) is 54.8 Å². The Morgan fingerprint density at radius 2 is 1.69 bits per heavy atom. The second-order valence-corrected chi connectivity index (χ2v) is 8.13. The first kappa shape index (κ1) is 25.2. The number of halogens is 1. The molecular formula is C25H28ClNO5. The third-order valence-electron chi connectivity index (χ3n) is 4.66. The van der Waals surface area contributed by atoms with Gasteiger partial charge in [0, 0.05) is 0 Å². The largest absolute Gasteiger partial charge is 0.494 e. The number of alkyl halides is 1. The molecule has 0 spiro atoms. The lowest BCUT2D eigenvalue weighted by Crippen LogP contribution is -2.25. The molecule has 7 heteroatoms. The van der Waals surface area contributed by atoms with Crippen LogP contribution in [0.5, 0.6) is 17.2 Å². The number of ether oxygens (including phenoxy) is 3. The number of nitriles is 1. The van der Waals surface area contributed by atoms with Crippen LogP contribution in [0.25, 0.3) is 0 Å². The minimum Gasteiger partial charge on any atom is -0.494 e. The van der Waals surface area contributed by atoms with Crippen LogP contribution in [0.4, 0.5) is 0 Å². The number of nitrogens with zero attached hydrogens (tertiary/aromatic N) is 1. The summed E-state index contributed by atoms with van der Waals surface area (Å²) in [6.07, 6.45) is 4.51. The van der Waals surface area contributed by atoms with Crippen molar-refractivity contribution in [1.82, 2.24) is 0 Å². The Hall–Kier alpha value is -3.04. The summed E-state index contributed by atoms with van der Waals surface area (Å²) < 4.78 is 16.3. The molecule has 0 saturated heterocycles. The summed E-state index contributed by atoms with van der Waals surface area (Å²) in [5, 5.41) is 8.55. The monoisotopic (exact) mass is 457 g/mol. The molecule has 170 valence electrons. The van der Waals surface area contributed by atoms with Gasteiger partial charge in [0.15, 0.2) is 0 Å². The van der Waals surface area contributed by atoms with Crippen LogP contribution in [-0.2, 0) is 4.79 Å². The highest BCUT2D eigenvalue weighted by Crippen LogP contribution is 2.24. The minimum absolute atomic E-state index is 0.0345. The van der Waals surface area contributed by atoms with Crippen LogP contribution in [0.3, 0.4) is 0 Å². The molecule has 0 fully saturated rings. The Kier molecular flexibility index (Phi) is 10.0. The fourth-order valence-corrected chi connectivity index (χ4v) is 2.80. The number of unbranched alkanes of at least 4 members (excludes halogenated alkanes) is 3. The van der Waals surface area contributed by atoms with Crippen molar-refractivity contribution in [3.63, 3.8) is 0 Å². The summed E-state index contributed by atoms with van der Waals surface area (Å²) in [4.78, 5) is 24.5. The van der Waals surface area contributed by atoms with E-state index in [2.05, 4.69) is 6.92 Å². The SMILES string of the molecule is CCCCCCOc1ccc(OC(=O)c2ccc(OC(=O)C(Cl)C(C)C)c(C#N)c2)cc1. The lowest BCUT2D eigenvalue weighted by molar-refractivity contribution is -0.134. The number of carbonyl (C=O) groups excluding carboxylic acids is 2. The average molecular weight is 458 g/mol. The first-order chi connectivity index (χ1) is 15.3. The standard InChI is InChI=1S/C25H28ClNO5/c1-4-5-6-7-14-30-20-9-11-21(12-10-20)31-24(28)18-8-13-22(19(15-18)16-27)32-25(29)23(26)17(2)3/h8-13,15,17,23H,4-7,14H2,1-3H3. The molecule has 0 aromatic heterocycles. The van der Waals surface area contributed by atoms with Crippen LogP contribution in [0, 0.1) is 17.2 Å². The van der Waals surface area contributed by atoms with Crippen molar-refractivity contribution in [1.29, 1.82) is 5.26 Å². The molecule has 0 aliphatic heterocycles. The van der Waals surface area contributed by atoms with Crippen molar-refractivity contribution >= 4 is 23.5 Å². The average Bonchev–Trinajstić information content (AvgIpc) is 2.79. The van der Waals surface area contributed by atoms with E-state index in [1.807, 2.05) is 6.07 Å². The molecule has 0 N–H and O–H groups in total. The molecule has 0 radical (unpaired) electrons. The van der Waals surface area contributed by atoms with E-state index in [1.54, 1.807) is 38.1 Å². The maximum atomic E-state index is 12.5. The fraction of sp³-hybridized carbons (Fsp3) is 0.400. The third kappa shape index (κ3) is 7.58. The molecule has 1 atom stereocenters. The Bertz CT molecular complexity index is 950. The second-order valence-electron chi connectivity index (χ2n) is 7.66. The zero-order valence-corrected chi connectivity index (χ0v) is 19.4. The summed E-state index contributed by atoms with van der Waals surface area (Å²) in [5.41, 5.74) is 0.191. The minimum atomic E-state index is -0.838. The fourth-order valence-electron chi connectivity index (χ4n) is 2.76. The quantitative estimate of drug-likeness (QED) is 0.180. The van der Waals surface area contributed by atoms with E-state index in [4.69, 9.17) is 25.8 Å². The molecule has 0 amide bonds. The lowest BCUT2D eigenvalue weighted by atomic mass is 10.1. The highest BCUT2D eigenvalue weighted by Gasteiger charge is 2.23. The van der Waals surface area contributed by atoms with E-state index < -0.39 is 17.3 Å². The highest BCUT2D eigenvalue weighted by molar-refractivity contribution is 6.30. The van der Waals surface area contributed by atoms with Crippen molar-refractivity contribution < 1.29 is 23.8 Å². The number of hydrogen-bond acceptors (Lipinski definition) is 6. The first-order valence-electron chi connectivity index (χ1n) is 10.7. The predicted molar refractivity (Wildman–Crippen MR) is 122 cm³/mol. The van der Waals surface area contributed by atoms with Crippen molar-refractivity contribution in [3.05, 3.63) is 53.6 Å². The molecule has 1 unspecified atom stereocenters. The smallest absolute Gasteiger partial charge is 0.343 e. The van der Waals surface area contributed by atoms with Crippen molar-refractivity contribution in [3.8, 4) is 23.3 Å². The van der Waals surface area contributed by atoms with Gasteiger partial charge in [-0.2, -0.15) is 5.26 Å². The van der Waals surface area contributed by atoms with E-state index in [-0.39, 0.29) is 22.8 Å². The predicted octanol–water partition coefficient (Wildman–Crippen LogP) is 5.91. The maximum Gasteiger partial charge on any atom is 0.343 e. The highest BCUT2D eigenvalue weighted by atomic mass is 35.5. The third-order valence-corrected chi connectivity index (χ3v) is 5.34. The van der Waals surface area contributed by atoms with E-state index in [0.717, 1.165) is 12.8 Å². The van der Waals surface area contributed by atoms with E-state index >= 15 is 0 Å². The normalized spacial score (nSPS) is 11.5. The molecule has 2 aromatic carbocycles. The molecule has 2 rings (SSSR count). The first-order valence-corrected chi connectivity index (χ1v) is 11.1. The van der Waals surface area contributed by atoms with Gasteiger partial charge in [0.2, 0.25) is 0 Å². The molecule has 0 bridgehead atoms. The molecule has 0 saturated carbocycles. The Morgan fingerprint density at radius 3 is 2.31 bits per heavy atom. The van der Waals surface area contributed by atoms with Gasteiger partial charge >= 0.3 is 11.9 Å². The van der Waals surface area contributed by atoms with Crippen LogP contribution in [0.2, 0.25) is 0 Å². The van der Waals surface area contributed by atoms with Gasteiger partial charge in [-0.3, -0.25) is 4.79 Å². The van der Waals surface area contributed by atoms with E-state index in [9.17, 15) is 14.9 Å². The zero-order chi connectivity index (χ0) is 23.5. The van der Waals surface area contributed by atoms with E-state index in [1.165, 1.54) is 31.0 Å². The van der Waals surface area contributed by atoms with Crippen LogP contribution < -0.4 is 14.2 Å². The summed E-state index contributed by atoms with van der Waals surface area (Å²) in [6, 6.07) is 12.8. The molecule has 0 heterocycles. The molecular weight excluding hydrogens is 430 g/mol. The lowest BCUT2D eigenvalue weighted by Gasteiger charge is -2.13. The van der Waals surface area contributed by atoms with Gasteiger partial charge in [0.1, 0.15) is 28.7 Å². The summed E-state index contributed by atoms with van der Waals surface area (Å²) in [5.74, 6) is -0.309. The Balaban J connectivity index is 1.98. The summed E-state index contributed by atoms with van der Waals surface area (Å²) >= 11 is 6.00. The van der Waals surface area contributed by atoms with Crippen LogP contribution >= 0.6 is 11.6 Å². The van der Waals surface area contributed by atoms with Crippen LogP contribution in [-0.4, -0.2) is 23.9 Å². The van der Waals surface area contributed by atoms with Crippen LogP contribution in [0.1, 0.15) is 62.4 Å². The van der Waals surface area contributed by atoms with Gasteiger partial charge in [-0.25, -0.2) is 4.79 Å². The Labute approximate surface area is 194 Å². The van der Waals surface area contributed by atoms with Crippen molar-refractivity contribution in [2.75, 3.05) is 6.61 Å². The molecule has 0 aliphatic carbocycles. The summed E-state index contributed by atoms with van der Waals surface area (Å²) in [7, 11) is 0. The second kappa shape index (κ2) is 12.7. The van der Waals surface area contributed by atoms with Gasteiger partial charge in [0.05, 0.1) is 17.7 Å². The van der Waals surface area contributed by atoms with Gasteiger partial charge in [-0.15, -0.1) is 11.6 Å². The molecule has 2 aromatic rings. The number of carbonyl (C=O) groups is 2. The van der Waals surface area contributed by atoms with Crippen LogP contribution in [0.15, 0.2) is 42.5 Å². The Morgan fingerprint density at radius 1 is 1.00 bits per heavy atom.